The van der Waals surface area contributed by atoms with Crippen LogP contribution in [0.25, 0.3) is 11.1 Å². The first-order valence-corrected chi connectivity index (χ1v) is 5.53. The summed E-state index contributed by atoms with van der Waals surface area (Å²) in [5.41, 5.74) is 3.27. The van der Waals surface area contributed by atoms with Gasteiger partial charge in [-0.15, -0.1) is 0 Å². The first kappa shape index (κ1) is 11.4. The van der Waals surface area contributed by atoms with Gasteiger partial charge in [0, 0.05) is 6.42 Å². The van der Waals surface area contributed by atoms with Gasteiger partial charge in [0.2, 0.25) is 0 Å². The van der Waals surface area contributed by atoms with Gasteiger partial charge in [-0.1, -0.05) is 36.4 Å². The molecule has 2 aromatic rings. The Kier molecular flexibility index (Phi) is 3.55. The number of aryl methyl sites for hydroxylation is 1. The van der Waals surface area contributed by atoms with Gasteiger partial charge in [-0.2, -0.15) is 0 Å². The highest BCUT2D eigenvalue weighted by Gasteiger charge is 2.04. The Hall–Kier alpha value is -2.09. The largest absolute Gasteiger partial charge is 0.508 e. The third-order valence-electron chi connectivity index (χ3n) is 2.69. The summed E-state index contributed by atoms with van der Waals surface area (Å²) >= 11 is 0. The van der Waals surface area contributed by atoms with Crippen LogP contribution in [0.5, 0.6) is 5.75 Å². The molecule has 0 saturated heterocycles. The van der Waals surface area contributed by atoms with Gasteiger partial charge in [-0.25, -0.2) is 0 Å². The van der Waals surface area contributed by atoms with E-state index >= 15 is 0 Å². The van der Waals surface area contributed by atoms with Crippen LogP contribution in [0.1, 0.15) is 12.0 Å². The molecule has 0 bridgehead atoms. The maximum Gasteiger partial charge on any atom is 0.198 e. The highest BCUT2D eigenvalue weighted by atomic mass is 16.3. The molecule has 0 aliphatic heterocycles. The highest BCUT2D eigenvalue weighted by Crippen LogP contribution is 2.26. The molecule has 1 radical (unpaired) electrons. The first-order valence-electron chi connectivity index (χ1n) is 5.53. The lowest BCUT2D eigenvalue weighted by molar-refractivity contribution is 0.475. The van der Waals surface area contributed by atoms with E-state index in [4.69, 9.17) is 0 Å². The fourth-order valence-corrected chi connectivity index (χ4v) is 1.85. The number of benzene rings is 2. The van der Waals surface area contributed by atoms with Crippen molar-refractivity contribution in [2.24, 2.45) is 0 Å². The molecule has 2 rings (SSSR count). The Balaban J connectivity index is 2.36. The molecule has 0 fully saturated rings. The molecule has 0 spiro atoms. The summed E-state index contributed by atoms with van der Waals surface area (Å²) in [6, 6.07) is 15.0. The van der Waals surface area contributed by atoms with E-state index < -0.39 is 0 Å². The lowest BCUT2D eigenvalue weighted by atomic mass is 9.97. The first-order chi connectivity index (χ1) is 8.31. The average Bonchev–Trinajstić information content (AvgIpc) is 2.38. The van der Waals surface area contributed by atoms with Crippen molar-refractivity contribution in [3.8, 4) is 16.9 Å². The number of phenolic OH excluding ortho intramolecular Hbond substituents is 1. The van der Waals surface area contributed by atoms with Crippen LogP contribution in [0.3, 0.4) is 0 Å². The number of rotatable bonds is 4. The highest BCUT2D eigenvalue weighted by molar-refractivity contribution is 5.68. The fourth-order valence-electron chi connectivity index (χ4n) is 1.85. The monoisotopic (exact) mass is 225 g/mol. The molecule has 2 heteroatoms. The normalized spacial score (nSPS) is 10.1. The van der Waals surface area contributed by atoms with Crippen LogP contribution in [-0.2, 0) is 11.2 Å². The van der Waals surface area contributed by atoms with Crippen LogP contribution in [0.4, 0.5) is 0 Å². The summed E-state index contributed by atoms with van der Waals surface area (Å²) in [4.78, 5) is 10.3. The Bertz CT molecular complexity index is 501. The molecule has 0 saturated carbocycles. The maximum atomic E-state index is 10.3. The van der Waals surface area contributed by atoms with Gasteiger partial charge in [0.25, 0.3) is 0 Å². The summed E-state index contributed by atoms with van der Waals surface area (Å²) in [6.07, 6.45) is 3.02. The van der Waals surface area contributed by atoms with Crippen molar-refractivity contribution in [3.05, 3.63) is 54.1 Å². The third-order valence-corrected chi connectivity index (χ3v) is 2.69. The number of hydrogen-bond donors (Lipinski definition) is 1. The average molecular weight is 225 g/mol. The van der Waals surface area contributed by atoms with Crippen molar-refractivity contribution in [2.75, 3.05) is 0 Å². The fraction of sp³-hybridized carbons (Fsp3) is 0.133. The van der Waals surface area contributed by atoms with Crippen molar-refractivity contribution in [1.82, 2.24) is 0 Å². The van der Waals surface area contributed by atoms with E-state index in [1.165, 1.54) is 0 Å². The molecule has 0 heterocycles. The number of hydrogen-bond acceptors (Lipinski definition) is 2. The lowest BCUT2D eigenvalue weighted by Gasteiger charge is -2.08. The molecule has 2 aromatic carbocycles. The van der Waals surface area contributed by atoms with Gasteiger partial charge in [0.05, 0.1) is 0 Å². The Labute approximate surface area is 101 Å². The van der Waals surface area contributed by atoms with Crippen LogP contribution >= 0.6 is 0 Å². The molecule has 0 aliphatic carbocycles. The minimum atomic E-state index is 0.257. The minimum absolute atomic E-state index is 0.257. The standard InChI is InChI=1S/C15H13O2/c16-11-3-5-12-4-1-2-6-15(12)13-7-9-14(17)10-8-13/h1-2,4,6-10,17H,3,5H2. The Morgan fingerprint density at radius 2 is 1.71 bits per heavy atom. The van der Waals surface area contributed by atoms with Gasteiger partial charge in [-0.3, -0.25) is 4.79 Å². The quantitative estimate of drug-likeness (QED) is 0.868. The molecular formula is C15H13O2. The van der Waals surface area contributed by atoms with E-state index in [9.17, 15) is 9.90 Å². The molecular weight excluding hydrogens is 212 g/mol. The van der Waals surface area contributed by atoms with E-state index in [0.29, 0.717) is 12.8 Å². The summed E-state index contributed by atoms with van der Waals surface area (Å²) in [7, 11) is 0. The van der Waals surface area contributed by atoms with Crippen molar-refractivity contribution in [2.45, 2.75) is 12.8 Å². The molecule has 0 unspecified atom stereocenters. The summed E-state index contributed by atoms with van der Waals surface area (Å²) in [5.74, 6) is 0.257. The molecule has 17 heavy (non-hydrogen) atoms. The van der Waals surface area contributed by atoms with Gasteiger partial charge >= 0.3 is 0 Å². The van der Waals surface area contributed by atoms with Gasteiger partial charge in [-0.05, 0) is 35.2 Å². The van der Waals surface area contributed by atoms with Crippen LogP contribution in [0, 0.1) is 0 Å². The molecule has 0 aromatic heterocycles. The summed E-state index contributed by atoms with van der Waals surface area (Å²) < 4.78 is 0. The van der Waals surface area contributed by atoms with Gasteiger partial charge in [0.1, 0.15) is 5.75 Å². The molecule has 0 aliphatic rings. The zero-order chi connectivity index (χ0) is 12.1. The van der Waals surface area contributed by atoms with E-state index in [0.717, 1.165) is 16.7 Å². The molecule has 0 amide bonds. The minimum Gasteiger partial charge on any atom is -0.508 e. The van der Waals surface area contributed by atoms with E-state index in [1.54, 1.807) is 12.1 Å². The van der Waals surface area contributed by atoms with Crippen molar-refractivity contribution in [1.29, 1.82) is 0 Å². The topological polar surface area (TPSA) is 37.3 Å². The van der Waals surface area contributed by atoms with Crippen LogP contribution in [-0.4, -0.2) is 11.4 Å². The van der Waals surface area contributed by atoms with Gasteiger partial charge in [0.15, 0.2) is 6.29 Å². The van der Waals surface area contributed by atoms with E-state index in [1.807, 2.05) is 42.7 Å². The third kappa shape index (κ3) is 2.72. The molecule has 0 atom stereocenters. The second kappa shape index (κ2) is 5.30. The van der Waals surface area contributed by atoms with Gasteiger partial charge < -0.3 is 5.11 Å². The number of aromatic hydroxyl groups is 1. The summed E-state index contributed by atoms with van der Waals surface area (Å²) in [6.45, 7) is 0. The smallest absolute Gasteiger partial charge is 0.198 e. The SMILES string of the molecule is O=[C]CCc1ccccc1-c1ccc(O)cc1. The van der Waals surface area contributed by atoms with E-state index in [2.05, 4.69) is 0 Å². The molecule has 2 nitrogen and oxygen atoms in total. The van der Waals surface area contributed by atoms with E-state index in [-0.39, 0.29) is 5.75 Å². The van der Waals surface area contributed by atoms with Crippen molar-refractivity contribution >= 4 is 6.29 Å². The molecule has 85 valence electrons. The predicted octanol–water partition coefficient (Wildman–Crippen LogP) is 3.10. The van der Waals surface area contributed by atoms with Crippen LogP contribution in [0.2, 0.25) is 0 Å². The van der Waals surface area contributed by atoms with Crippen molar-refractivity contribution < 1.29 is 9.90 Å². The molecule has 1 N–H and O–H groups in total. The van der Waals surface area contributed by atoms with Crippen molar-refractivity contribution in [3.63, 3.8) is 0 Å². The second-order valence-electron chi connectivity index (χ2n) is 3.85. The zero-order valence-electron chi connectivity index (χ0n) is 9.39. The zero-order valence-corrected chi connectivity index (χ0v) is 9.39. The Morgan fingerprint density at radius 3 is 2.41 bits per heavy atom. The predicted molar refractivity (Wildman–Crippen MR) is 67.6 cm³/mol. The van der Waals surface area contributed by atoms with Crippen LogP contribution < -0.4 is 0 Å². The summed E-state index contributed by atoms with van der Waals surface area (Å²) in [5, 5.41) is 9.26. The van der Waals surface area contributed by atoms with Crippen LogP contribution in [0.15, 0.2) is 48.5 Å². The lowest BCUT2D eigenvalue weighted by Crippen LogP contribution is -1.90. The number of carbonyl (C=O) groups excluding carboxylic acids is 1. The maximum absolute atomic E-state index is 10.3. The Morgan fingerprint density at radius 1 is 1.00 bits per heavy atom. The second-order valence-corrected chi connectivity index (χ2v) is 3.85. The number of phenols is 1.